The van der Waals surface area contributed by atoms with Crippen molar-refractivity contribution >= 4 is 11.6 Å². The Morgan fingerprint density at radius 2 is 1.92 bits per heavy atom. The quantitative estimate of drug-likeness (QED) is 0.798. The molecule has 74 valence electrons. The van der Waals surface area contributed by atoms with E-state index in [1.165, 1.54) is 0 Å². The van der Waals surface area contributed by atoms with Crippen LogP contribution in [-0.2, 0) is 7.05 Å². The van der Waals surface area contributed by atoms with E-state index in [9.17, 15) is 0 Å². The van der Waals surface area contributed by atoms with E-state index in [2.05, 4.69) is 18.9 Å². The highest BCUT2D eigenvalue weighted by molar-refractivity contribution is 6.32. The second-order valence-electron chi connectivity index (χ2n) is 3.65. The molecule has 13 heavy (non-hydrogen) atoms. The van der Waals surface area contributed by atoms with Crippen LogP contribution in [0.2, 0.25) is 5.02 Å². The monoisotopic (exact) mass is 201 g/mol. The zero-order valence-electron chi connectivity index (χ0n) is 8.50. The highest BCUT2D eigenvalue weighted by atomic mass is 35.5. The maximum absolute atomic E-state index is 6.16. The minimum Gasteiger partial charge on any atom is -0.323 e. The molecule has 0 fully saturated rings. The zero-order valence-corrected chi connectivity index (χ0v) is 9.26. The van der Waals surface area contributed by atoms with Gasteiger partial charge in [-0.2, -0.15) is 5.10 Å². The third-order valence-electron chi connectivity index (χ3n) is 2.03. The SMILES string of the molecule is CC(C)c1nn(C)c(C(C)N)c1Cl. The lowest BCUT2D eigenvalue weighted by molar-refractivity contribution is 0.642. The Bertz CT molecular complexity index is 302. The lowest BCUT2D eigenvalue weighted by Gasteiger charge is -2.05. The molecule has 4 heteroatoms. The molecule has 1 atom stereocenters. The van der Waals surface area contributed by atoms with Crippen molar-refractivity contribution in [1.29, 1.82) is 0 Å². The van der Waals surface area contributed by atoms with Crippen LogP contribution in [0.1, 0.15) is 44.1 Å². The minimum atomic E-state index is -0.0718. The summed E-state index contributed by atoms with van der Waals surface area (Å²) in [6.07, 6.45) is 0. The topological polar surface area (TPSA) is 43.8 Å². The largest absolute Gasteiger partial charge is 0.323 e. The number of rotatable bonds is 2. The highest BCUT2D eigenvalue weighted by Gasteiger charge is 2.18. The van der Waals surface area contributed by atoms with Crippen LogP contribution in [0.15, 0.2) is 0 Å². The lowest BCUT2D eigenvalue weighted by Crippen LogP contribution is -2.10. The first-order valence-electron chi connectivity index (χ1n) is 4.43. The van der Waals surface area contributed by atoms with Gasteiger partial charge in [0.1, 0.15) is 0 Å². The molecule has 1 unspecified atom stereocenters. The number of hydrogen-bond acceptors (Lipinski definition) is 2. The summed E-state index contributed by atoms with van der Waals surface area (Å²) in [4.78, 5) is 0. The van der Waals surface area contributed by atoms with Crippen LogP contribution < -0.4 is 5.73 Å². The summed E-state index contributed by atoms with van der Waals surface area (Å²) in [6, 6.07) is -0.0718. The first kappa shape index (κ1) is 10.5. The fraction of sp³-hybridized carbons (Fsp3) is 0.667. The molecule has 0 aliphatic rings. The number of hydrogen-bond donors (Lipinski definition) is 1. The fourth-order valence-electron chi connectivity index (χ4n) is 1.40. The second-order valence-corrected chi connectivity index (χ2v) is 4.03. The van der Waals surface area contributed by atoms with Crippen molar-refractivity contribution in [3.05, 3.63) is 16.4 Å². The number of nitrogens with zero attached hydrogens (tertiary/aromatic N) is 2. The van der Waals surface area contributed by atoms with Gasteiger partial charge in [-0.3, -0.25) is 4.68 Å². The van der Waals surface area contributed by atoms with Crippen molar-refractivity contribution < 1.29 is 0 Å². The van der Waals surface area contributed by atoms with E-state index in [1.807, 2.05) is 14.0 Å². The Morgan fingerprint density at radius 3 is 2.15 bits per heavy atom. The second kappa shape index (κ2) is 3.68. The standard InChI is InChI=1S/C9H16ClN3/c1-5(2)8-7(10)9(6(3)11)13(4)12-8/h5-6H,11H2,1-4H3. The Balaban J connectivity index is 3.22. The molecular formula is C9H16ClN3. The third-order valence-corrected chi connectivity index (χ3v) is 2.42. The third kappa shape index (κ3) is 1.86. The molecule has 0 aromatic carbocycles. The normalized spacial score (nSPS) is 13.8. The Labute approximate surface area is 83.9 Å². The molecule has 3 nitrogen and oxygen atoms in total. The van der Waals surface area contributed by atoms with Crippen molar-refractivity contribution in [2.24, 2.45) is 12.8 Å². The molecule has 0 saturated carbocycles. The van der Waals surface area contributed by atoms with Gasteiger partial charge in [0.05, 0.1) is 16.4 Å². The Kier molecular flexibility index (Phi) is 2.98. The van der Waals surface area contributed by atoms with Gasteiger partial charge in [-0.15, -0.1) is 0 Å². The molecule has 1 aromatic rings. The molecular weight excluding hydrogens is 186 g/mol. The van der Waals surface area contributed by atoms with Crippen molar-refractivity contribution in [2.75, 3.05) is 0 Å². The molecule has 1 heterocycles. The highest BCUT2D eigenvalue weighted by Crippen LogP contribution is 2.29. The van der Waals surface area contributed by atoms with E-state index >= 15 is 0 Å². The van der Waals surface area contributed by atoms with E-state index in [0.717, 1.165) is 11.4 Å². The number of halogens is 1. The predicted molar refractivity (Wildman–Crippen MR) is 54.9 cm³/mol. The van der Waals surface area contributed by atoms with E-state index in [1.54, 1.807) is 4.68 Å². The van der Waals surface area contributed by atoms with Crippen molar-refractivity contribution in [1.82, 2.24) is 9.78 Å². The summed E-state index contributed by atoms with van der Waals surface area (Å²) in [6.45, 7) is 6.05. The van der Waals surface area contributed by atoms with Crippen molar-refractivity contribution in [3.63, 3.8) is 0 Å². The summed E-state index contributed by atoms with van der Waals surface area (Å²) in [5.74, 6) is 0.339. The summed E-state index contributed by atoms with van der Waals surface area (Å²) >= 11 is 6.16. The van der Waals surface area contributed by atoms with E-state index in [4.69, 9.17) is 17.3 Å². The predicted octanol–water partition coefficient (Wildman–Crippen LogP) is 2.22. The van der Waals surface area contributed by atoms with Gasteiger partial charge in [0, 0.05) is 13.1 Å². The van der Waals surface area contributed by atoms with E-state index in [-0.39, 0.29) is 6.04 Å². The van der Waals surface area contributed by atoms with Crippen LogP contribution in [-0.4, -0.2) is 9.78 Å². The summed E-state index contributed by atoms with van der Waals surface area (Å²) in [7, 11) is 1.87. The molecule has 1 rings (SSSR count). The van der Waals surface area contributed by atoms with Crippen LogP contribution >= 0.6 is 11.6 Å². The molecule has 0 aliphatic heterocycles. The number of aromatic nitrogens is 2. The van der Waals surface area contributed by atoms with E-state index in [0.29, 0.717) is 10.9 Å². The fourth-order valence-corrected chi connectivity index (χ4v) is 1.95. The minimum absolute atomic E-state index is 0.0718. The zero-order chi connectivity index (χ0) is 10.2. The molecule has 1 aromatic heterocycles. The maximum atomic E-state index is 6.16. The molecule has 0 amide bonds. The van der Waals surface area contributed by atoms with Crippen LogP contribution in [0, 0.1) is 0 Å². The van der Waals surface area contributed by atoms with Gasteiger partial charge in [0.2, 0.25) is 0 Å². The van der Waals surface area contributed by atoms with Gasteiger partial charge in [-0.1, -0.05) is 25.4 Å². The molecule has 0 spiro atoms. The first-order valence-corrected chi connectivity index (χ1v) is 4.80. The summed E-state index contributed by atoms with van der Waals surface area (Å²) in [5.41, 5.74) is 7.62. The summed E-state index contributed by atoms with van der Waals surface area (Å²) in [5, 5.41) is 5.05. The number of aryl methyl sites for hydroxylation is 1. The van der Waals surface area contributed by atoms with Crippen LogP contribution in [0.4, 0.5) is 0 Å². The van der Waals surface area contributed by atoms with E-state index < -0.39 is 0 Å². The van der Waals surface area contributed by atoms with Gasteiger partial charge in [-0.05, 0) is 12.8 Å². The van der Waals surface area contributed by atoms with Crippen molar-refractivity contribution in [2.45, 2.75) is 32.7 Å². The van der Waals surface area contributed by atoms with Gasteiger partial charge in [0.15, 0.2) is 0 Å². The average Bonchev–Trinajstić information content (AvgIpc) is 2.26. The van der Waals surface area contributed by atoms with Crippen molar-refractivity contribution in [3.8, 4) is 0 Å². The van der Waals surface area contributed by atoms with Crippen LogP contribution in [0.25, 0.3) is 0 Å². The molecule has 2 N–H and O–H groups in total. The summed E-state index contributed by atoms with van der Waals surface area (Å²) < 4.78 is 1.77. The molecule has 0 bridgehead atoms. The number of nitrogens with two attached hydrogens (primary N) is 1. The smallest absolute Gasteiger partial charge is 0.0868 e. The Morgan fingerprint density at radius 1 is 1.38 bits per heavy atom. The Hall–Kier alpha value is -0.540. The molecule has 0 aliphatic carbocycles. The van der Waals surface area contributed by atoms with Crippen LogP contribution in [0.5, 0.6) is 0 Å². The van der Waals surface area contributed by atoms with Gasteiger partial charge < -0.3 is 5.73 Å². The van der Waals surface area contributed by atoms with Gasteiger partial charge >= 0.3 is 0 Å². The average molecular weight is 202 g/mol. The van der Waals surface area contributed by atoms with Gasteiger partial charge in [0.25, 0.3) is 0 Å². The molecule has 0 radical (unpaired) electrons. The maximum Gasteiger partial charge on any atom is 0.0868 e. The first-order chi connectivity index (χ1) is 5.95. The van der Waals surface area contributed by atoms with Gasteiger partial charge in [-0.25, -0.2) is 0 Å². The van der Waals surface area contributed by atoms with Crippen LogP contribution in [0.3, 0.4) is 0 Å². The lowest BCUT2D eigenvalue weighted by atomic mass is 10.1. The molecule has 0 saturated heterocycles.